The van der Waals surface area contributed by atoms with Gasteiger partial charge in [0.2, 0.25) is 0 Å². The summed E-state index contributed by atoms with van der Waals surface area (Å²) in [5.74, 6) is 2.04. The highest BCUT2D eigenvalue weighted by atomic mass is 16.5. The van der Waals surface area contributed by atoms with Crippen molar-refractivity contribution in [1.82, 2.24) is 10.2 Å². The summed E-state index contributed by atoms with van der Waals surface area (Å²) < 4.78 is 6.25. The van der Waals surface area contributed by atoms with Gasteiger partial charge in [0, 0.05) is 25.7 Å². The van der Waals surface area contributed by atoms with Gasteiger partial charge in [0.15, 0.2) is 0 Å². The van der Waals surface area contributed by atoms with Crippen LogP contribution in [-0.4, -0.2) is 49.3 Å². The molecule has 3 heteroatoms. The number of fused-ring (bicyclic) bond motifs is 1. The molecule has 2 aliphatic heterocycles. The Labute approximate surface area is 130 Å². The first-order valence-electron chi connectivity index (χ1n) is 9.32. The second-order valence-electron chi connectivity index (χ2n) is 7.87. The number of rotatable bonds is 5. The van der Waals surface area contributed by atoms with E-state index in [0.29, 0.717) is 18.2 Å². The van der Waals surface area contributed by atoms with Crippen molar-refractivity contribution in [1.29, 1.82) is 0 Å². The fourth-order valence-electron chi connectivity index (χ4n) is 4.56. The number of nitrogens with one attached hydrogen (secondary N) is 1. The van der Waals surface area contributed by atoms with E-state index in [-0.39, 0.29) is 0 Å². The molecule has 3 fully saturated rings. The molecule has 0 bridgehead atoms. The van der Waals surface area contributed by atoms with Crippen LogP contribution in [0, 0.1) is 11.8 Å². The smallest absolute Gasteiger partial charge is 0.0707 e. The molecule has 1 aliphatic carbocycles. The summed E-state index contributed by atoms with van der Waals surface area (Å²) in [6.07, 6.45) is 10.8. The first-order chi connectivity index (χ1) is 10.2. The highest BCUT2D eigenvalue weighted by Gasteiger charge is 2.33. The Morgan fingerprint density at radius 2 is 1.76 bits per heavy atom. The second-order valence-corrected chi connectivity index (χ2v) is 7.87. The molecule has 4 atom stereocenters. The minimum absolute atomic E-state index is 0.449. The number of nitrogens with zero attached hydrogens (tertiary/aromatic N) is 1. The highest BCUT2D eigenvalue weighted by molar-refractivity contribution is 4.86. The second kappa shape index (κ2) is 7.43. The van der Waals surface area contributed by atoms with E-state index in [4.69, 9.17) is 4.74 Å². The van der Waals surface area contributed by atoms with Gasteiger partial charge in [-0.2, -0.15) is 0 Å². The minimum atomic E-state index is 0.449. The lowest BCUT2D eigenvalue weighted by Gasteiger charge is -2.42. The lowest BCUT2D eigenvalue weighted by atomic mass is 9.75. The number of hydrogen-bond acceptors (Lipinski definition) is 3. The van der Waals surface area contributed by atoms with Gasteiger partial charge in [0.25, 0.3) is 0 Å². The zero-order valence-corrected chi connectivity index (χ0v) is 14.0. The molecule has 4 unspecified atom stereocenters. The van der Waals surface area contributed by atoms with Gasteiger partial charge in [-0.15, -0.1) is 0 Å². The Bertz CT molecular complexity index is 320. The van der Waals surface area contributed by atoms with Crippen molar-refractivity contribution in [2.75, 3.05) is 26.2 Å². The molecule has 2 saturated heterocycles. The largest absolute Gasteiger partial charge is 0.372 e. The number of likely N-dealkylation sites (tertiary alicyclic amines) is 1. The van der Waals surface area contributed by atoms with E-state index in [9.17, 15) is 0 Å². The van der Waals surface area contributed by atoms with Gasteiger partial charge in [0.1, 0.15) is 0 Å². The zero-order chi connectivity index (χ0) is 14.7. The van der Waals surface area contributed by atoms with Crippen LogP contribution in [0.3, 0.4) is 0 Å². The summed E-state index contributed by atoms with van der Waals surface area (Å²) in [6.45, 7) is 9.29. The molecule has 0 aromatic rings. The first-order valence-corrected chi connectivity index (χ1v) is 9.32. The summed E-state index contributed by atoms with van der Waals surface area (Å²) in [7, 11) is 0. The van der Waals surface area contributed by atoms with Crippen LogP contribution in [0.5, 0.6) is 0 Å². The monoisotopic (exact) mass is 294 g/mol. The van der Waals surface area contributed by atoms with Gasteiger partial charge in [0.05, 0.1) is 12.2 Å². The topological polar surface area (TPSA) is 24.5 Å². The summed E-state index contributed by atoms with van der Waals surface area (Å²) in [6, 6.07) is 0.568. The maximum Gasteiger partial charge on any atom is 0.0707 e. The fourth-order valence-corrected chi connectivity index (χ4v) is 4.56. The van der Waals surface area contributed by atoms with E-state index in [1.807, 2.05) is 0 Å². The molecule has 122 valence electrons. The average Bonchev–Trinajstić information content (AvgIpc) is 2.92. The SMILES string of the molecule is CC(C)NCC1CCC(CN2CCC3CCCCC3C2)O1. The normalized spacial score (nSPS) is 37.9. The molecule has 3 nitrogen and oxygen atoms in total. The van der Waals surface area contributed by atoms with Crippen molar-refractivity contribution < 1.29 is 4.74 Å². The molecule has 1 saturated carbocycles. The van der Waals surface area contributed by atoms with E-state index < -0.39 is 0 Å². The van der Waals surface area contributed by atoms with Gasteiger partial charge in [-0.25, -0.2) is 0 Å². The summed E-state index contributed by atoms with van der Waals surface area (Å²) in [4.78, 5) is 2.70. The lowest BCUT2D eigenvalue weighted by molar-refractivity contribution is 0.00246. The van der Waals surface area contributed by atoms with Crippen LogP contribution in [0.2, 0.25) is 0 Å². The predicted octanol–water partition coefficient (Wildman–Crippen LogP) is 3.04. The predicted molar refractivity (Wildman–Crippen MR) is 87.5 cm³/mol. The van der Waals surface area contributed by atoms with Crippen LogP contribution in [0.25, 0.3) is 0 Å². The van der Waals surface area contributed by atoms with Gasteiger partial charge in [-0.1, -0.05) is 33.1 Å². The fraction of sp³-hybridized carbons (Fsp3) is 1.00. The summed E-state index contributed by atoms with van der Waals surface area (Å²) >= 11 is 0. The Balaban J connectivity index is 1.39. The van der Waals surface area contributed by atoms with Crippen LogP contribution in [0.1, 0.15) is 58.8 Å². The number of hydrogen-bond donors (Lipinski definition) is 1. The third kappa shape index (κ3) is 4.43. The van der Waals surface area contributed by atoms with E-state index >= 15 is 0 Å². The molecule has 0 spiro atoms. The standard InChI is InChI=1S/C18H34N2O/c1-14(2)19-11-17-7-8-18(21-17)13-20-10-9-15-5-3-4-6-16(15)12-20/h14-19H,3-13H2,1-2H3. The van der Waals surface area contributed by atoms with Crippen molar-refractivity contribution in [2.24, 2.45) is 11.8 Å². The molecule has 0 aromatic heterocycles. The number of piperidine rings is 1. The maximum absolute atomic E-state index is 6.25. The molecule has 0 radical (unpaired) electrons. The van der Waals surface area contributed by atoms with Crippen molar-refractivity contribution in [3.05, 3.63) is 0 Å². The zero-order valence-electron chi connectivity index (χ0n) is 14.0. The van der Waals surface area contributed by atoms with Gasteiger partial charge in [-0.3, -0.25) is 0 Å². The molecule has 3 aliphatic rings. The average molecular weight is 294 g/mol. The van der Waals surface area contributed by atoms with Crippen LogP contribution in [0.15, 0.2) is 0 Å². The van der Waals surface area contributed by atoms with Crippen molar-refractivity contribution in [2.45, 2.75) is 77.0 Å². The van der Waals surface area contributed by atoms with E-state index in [2.05, 4.69) is 24.1 Å². The van der Waals surface area contributed by atoms with Crippen LogP contribution >= 0.6 is 0 Å². The Kier molecular flexibility index (Phi) is 5.58. The summed E-state index contributed by atoms with van der Waals surface area (Å²) in [5.41, 5.74) is 0. The van der Waals surface area contributed by atoms with E-state index in [1.165, 1.54) is 64.6 Å². The maximum atomic E-state index is 6.25. The van der Waals surface area contributed by atoms with Crippen LogP contribution in [0.4, 0.5) is 0 Å². The van der Waals surface area contributed by atoms with Crippen molar-refractivity contribution >= 4 is 0 Å². The molecular formula is C18H34N2O. The quantitative estimate of drug-likeness (QED) is 0.843. The van der Waals surface area contributed by atoms with Gasteiger partial charge < -0.3 is 15.0 Å². The van der Waals surface area contributed by atoms with Crippen molar-refractivity contribution in [3.8, 4) is 0 Å². The molecule has 21 heavy (non-hydrogen) atoms. The Morgan fingerprint density at radius 1 is 1.00 bits per heavy atom. The molecule has 0 aromatic carbocycles. The van der Waals surface area contributed by atoms with E-state index in [1.54, 1.807) is 0 Å². The molecule has 0 amide bonds. The third-order valence-corrected chi connectivity index (χ3v) is 5.79. The minimum Gasteiger partial charge on any atom is -0.372 e. The molecular weight excluding hydrogens is 260 g/mol. The Morgan fingerprint density at radius 3 is 2.57 bits per heavy atom. The summed E-state index contributed by atoms with van der Waals surface area (Å²) in [5, 5.41) is 3.51. The van der Waals surface area contributed by atoms with Gasteiger partial charge in [-0.05, 0) is 44.1 Å². The third-order valence-electron chi connectivity index (χ3n) is 5.79. The van der Waals surface area contributed by atoms with Crippen LogP contribution < -0.4 is 5.32 Å². The molecule has 3 rings (SSSR count). The van der Waals surface area contributed by atoms with Crippen molar-refractivity contribution in [3.63, 3.8) is 0 Å². The lowest BCUT2D eigenvalue weighted by Crippen LogP contribution is -2.44. The highest BCUT2D eigenvalue weighted by Crippen LogP contribution is 2.36. The molecule has 1 N–H and O–H groups in total. The van der Waals surface area contributed by atoms with Gasteiger partial charge >= 0.3 is 0 Å². The first kappa shape index (κ1) is 15.8. The van der Waals surface area contributed by atoms with Crippen LogP contribution in [-0.2, 0) is 4.74 Å². The Hall–Kier alpha value is -0.120. The number of ether oxygens (including phenoxy) is 1. The van der Waals surface area contributed by atoms with E-state index in [0.717, 1.165) is 18.4 Å². The molecule has 2 heterocycles.